The molecule has 0 bridgehead atoms. The van der Waals surface area contributed by atoms with Crippen LogP contribution in [-0.2, 0) is 0 Å². The van der Waals surface area contributed by atoms with Crippen molar-refractivity contribution in [1.29, 1.82) is 0 Å². The van der Waals surface area contributed by atoms with Gasteiger partial charge in [-0.15, -0.1) is 0 Å². The normalized spacial score (nSPS) is 15.7. The Balaban J connectivity index is 3.92. The summed E-state index contributed by atoms with van der Waals surface area (Å²) in [5, 5.41) is 0. The van der Waals surface area contributed by atoms with Gasteiger partial charge in [0.15, 0.2) is 0 Å². The van der Waals surface area contributed by atoms with Crippen molar-refractivity contribution in [2.45, 2.75) is 46.6 Å². The molecule has 0 saturated heterocycles. The van der Waals surface area contributed by atoms with Gasteiger partial charge in [0, 0.05) is 6.04 Å². The maximum Gasteiger partial charge on any atom is 0.0238 e. The van der Waals surface area contributed by atoms with Crippen molar-refractivity contribution in [3.05, 3.63) is 0 Å². The lowest BCUT2D eigenvalue weighted by atomic mass is 9.79. The van der Waals surface area contributed by atoms with E-state index in [2.05, 4.69) is 20.8 Å². The Morgan fingerprint density at radius 1 is 1.33 bits per heavy atom. The van der Waals surface area contributed by atoms with Gasteiger partial charge < -0.3 is 0 Å². The summed E-state index contributed by atoms with van der Waals surface area (Å²) in [4.78, 5) is 0. The van der Waals surface area contributed by atoms with Gasteiger partial charge in [-0.25, -0.2) is 0 Å². The fourth-order valence-corrected chi connectivity index (χ4v) is 0.862. The van der Waals surface area contributed by atoms with E-state index in [4.69, 9.17) is 5.73 Å². The SMILES string of the molecule is CCC(C)(CC)C(C)[NH]. The van der Waals surface area contributed by atoms with Crippen LogP contribution >= 0.6 is 0 Å². The zero-order valence-electron chi connectivity index (χ0n) is 6.99. The first-order valence-electron chi connectivity index (χ1n) is 3.78. The van der Waals surface area contributed by atoms with Gasteiger partial charge in [-0.1, -0.05) is 20.8 Å². The molecule has 1 N–H and O–H groups in total. The van der Waals surface area contributed by atoms with E-state index >= 15 is 0 Å². The number of hydrogen-bond acceptors (Lipinski definition) is 0. The first-order valence-corrected chi connectivity index (χ1v) is 3.78. The molecule has 0 rings (SSSR count). The topological polar surface area (TPSA) is 23.8 Å². The van der Waals surface area contributed by atoms with Crippen LogP contribution in [0.2, 0.25) is 0 Å². The van der Waals surface area contributed by atoms with Crippen molar-refractivity contribution in [3.63, 3.8) is 0 Å². The van der Waals surface area contributed by atoms with Gasteiger partial charge >= 0.3 is 0 Å². The van der Waals surface area contributed by atoms with Gasteiger partial charge in [0.25, 0.3) is 0 Å². The second-order valence-corrected chi connectivity index (χ2v) is 3.08. The molecule has 0 aliphatic carbocycles. The third-order valence-electron chi connectivity index (χ3n) is 2.66. The van der Waals surface area contributed by atoms with Crippen molar-refractivity contribution < 1.29 is 0 Å². The van der Waals surface area contributed by atoms with Crippen molar-refractivity contribution in [3.8, 4) is 0 Å². The highest BCUT2D eigenvalue weighted by molar-refractivity contribution is 4.78. The van der Waals surface area contributed by atoms with E-state index in [1.807, 2.05) is 6.92 Å². The Hall–Kier alpha value is -0.0400. The van der Waals surface area contributed by atoms with E-state index in [-0.39, 0.29) is 11.5 Å². The second-order valence-electron chi connectivity index (χ2n) is 3.08. The molecule has 1 nitrogen and oxygen atoms in total. The van der Waals surface area contributed by atoms with E-state index in [9.17, 15) is 0 Å². The Morgan fingerprint density at radius 3 is 1.67 bits per heavy atom. The van der Waals surface area contributed by atoms with Crippen LogP contribution in [0, 0.1) is 5.41 Å². The number of rotatable bonds is 3. The highest BCUT2D eigenvalue weighted by atomic mass is 14.7. The van der Waals surface area contributed by atoms with Gasteiger partial charge in [0.1, 0.15) is 0 Å². The van der Waals surface area contributed by atoms with E-state index in [1.54, 1.807) is 0 Å². The van der Waals surface area contributed by atoms with Gasteiger partial charge in [-0.05, 0) is 25.2 Å². The summed E-state index contributed by atoms with van der Waals surface area (Å²) in [5.74, 6) is 0. The molecule has 0 aromatic rings. The van der Waals surface area contributed by atoms with Crippen molar-refractivity contribution in [2.75, 3.05) is 0 Å². The molecule has 0 amide bonds. The molecule has 55 valence electrons. The zero-order chi connectivity index (χ0) is 7.49. The van der Waals surface area contributed by atoms with Gasteiger partial charge in [0.05, 0.1) is 0 Å². The summed E-state index contributed by atoms with van der Waals surface area (Å²) < 4.78 is 0. The minimum absolute atomic E-state index is 0.0764. The molecule has 9 heavy (non-hydrogen) atoms. The van der Waals surface area contributed by atoms with Gasteiger partial charge in [-0.2, -0.15) is 0 Å². The predicted octanol–water partition coefficient (Wildman–Crippen LogP) is 2.48. The molecule has 0 fully saturated rings. The molecule has 0 saturated carbocycles. The van der Waals surface area contributed by atoms with Crippen LogP contribution in [0.15, 0.2) is 0 Å². The van der Waals surface area contributed by atoms with Crippen molar-refractivity contribution in [2.24, 2.45) is 5.41 Å². The maximum atomic E-state index is 7.53. The predicted molar refractivity (Wildman–Crippen MR) is 41.2 cm³/mol. The van der Waals surface area contributed by atoms with Gasteiger partial charge in [-0.3, -0.25) is 5.73 Å². The molecular weight excluding hydrogens is 110 g/mol. The summed E-state index contributed by atoms with van der Waals surface area (Å²) >= 11 is 0. The Labute approximate surface area is 58.6 Å². The standard InChI is InChI=1S/C8H18N/c1-5-8(4,6-2)7(3)9/h7,9H,5-6H2,1-4H3. The largest absolute Gasteiger partial charge is 0.254 e. The first kappa shape index (κ1) is 8.96. The number of hydrogen-bond donors (Lipinski definition) is 0. The molecule has 0 aliphatic heterocycles. The average Bonchev–Trinajstić information content (AvgIpc) is 1.86. The second kappa shape index (κ2) is 3.21. The summed E-state index contributed by atoms with van der Waals surface area (Å²) in [5.41, 5.74) is 7.78. The fourth-order valence-electron chi connectivity index (χ4n) is 0.862. The maximum absolute atomic E-state index is 7.53. The van der Waals surface area contributed by atoms with Crippen LogP contribution in [0.1, 0.15) is 40.5 Å². The van der Waals surface area contributed by atoms with Crippen molar-refractivity contribution in [1.82, 2.24) is 5.73 Å². The molecule has 0 aliphatic rings. The molecule has 0 aromatic carbocycles. The summed E-state index contributed by atoms with van der Waals surface area (Å²) in [7, 11) is 0. The molecule has 0 heterocycles. The van der Waals surface area contributed by atoms with Crippen LogP contribution in [0.4, 0.5) is 0 Å². The average molecular weight is 128 g/mol. The molecule has 1 radical (unpaired) electrons. The summed E-state index contributed by atoms with van der Waals surface area (Å²) in [6.45, 7) is 8.49. The van der Waals surface area contributed by atoms with E-state index in [0.717, 1.165) is 12.8 Å². The Morgan fingerprint density at radius 2 is 1.67 bits per heavy atom. The fraction of sp³-hybridized carbons (Fsp3) is 1.00. The number of nitrogens with one attached hydrogen (secondary N) is 1. The summed E-state index contributed by atoms with van der Waals surface area (Å²) in [6, 6.07) is 0.0764. The third kappa shape index (κ3) is 1.98. The van der Waals surface area contributed by atoms with E-state index in [0.29, 0.717) is 0 Å². The highest BCUT2D eigenvalue weighted by Crippen LogP contribution is 2.28. The first-order chi connectivity index (χ1) is 4.06. The molecular formula is C8H18N. The van der Waals surface area contributed by atoms with Crippen LogP contribution in [-0.4, -0.2) is 6.04 Å². The molecule has 0 aromatic heterocycles. The van der Waals surface area contributed by atoms with Gasteiger partial charge in [0.2, 0.25) is 0 Å². The van der Waals surface area contributed by atoms with Crippen molar-refractivity contribution >= 4 is 0 Å². The Bertz CT molecular complexity index is 72.6. The van der Waals surface area contributed by atoms with E-state index in [1.165, 1.54) is 0 Å². The van der Waals surface area contributed by atoms with Crippen LogP contribution in [0.5, 0.6) is 0 Å². The lowest BCUT2D eigenvalue weighted by Crippen LogP contribution is -2.29. The molecule has 1 unspecified atom stereocenters. The molecule has 0 spiro atoms. The quantitative estimate of drug-likeness (QED) is 0.557. The molecule has 1 atom stereocenters. The zero-order valence-corrected chi connectivity index (χ0v) is 6.99. The van der Waals surface area contributed by atoms with E-state index < -0.39 is 0 Å². The minimum Gasteiger partial charge on any atom is -0.254 e. The lowest BCUT2D eigenvalue weighted by molar-refractivity contribution is 0.239. The lowest BCUT2D eigenvalue weighted by Gasteiger charge is -2.30. The van der Waals surface area contributed by atoms with Crippen LogP contribution < -0.4 is 5.73 Å². The van der Waals surface area contributed by atoms with Crippen LogP contribution in [0.25, 0.3) is 0 Å². The van der Waals surface area contributed by atoms with Crippen LogP contribution in [0.3, 0.4) is 0 Å². The monoisotopic (exact) mass is 128 g/mol. The smallest absolute Gasteiger partial charge is 0.0238 e. The highest BCUT2D eigenvalue weighted by Gasteiger charge is 2.24. The Kier molecular flexibility index (Phi) is 3.20. The molecule has 1 heteroatoms. The summed E-state index contributed by atoms with van der Waals surface area (Å²) in [6.07, 6.45) is 2.24. The minimum atomic E-state index is 0.0764. The third-order valence-corrected chi connectivity index (χ3v) is 2.66.